The summed E-state index contributed by atoms with van der Waals surface area (Å²) >= 11 is 0. The van der Waals surface area contributed by atoms with E-state index < -0.39 is 34.8 Å². The van der Waals surface area contributed by atoms with Gasteiger partial charge in [0.25, 0.3) is 0 Å². The second-order valence-corrected chi connectivity index (χ2v) is 25.6. The normalized spacial score (nSPS) is 29.8. The highest BCUT2D eigenvalue weighted by atomic mass is 32.5. The largest absolute Gasteiger partial charge is 0.410 e. The highest BCUT2D eigenvalue weighted by Crippen LogP contribution is 2.98. The molecule has 2 fully saturated rings. The van der Waals surface area contributed by atoms with Gasteiger partial charge in [0.05, 0.1) is 28.6 Å². The van der Waals surface area contributed by atoms with Crippen molar-refractivity contribution >= 4 is 18.2 Å². The average molecular weight is 698 g/mol. The maximum Gasteiger partial charge on any atom is 0.192 e. The SMILES string of the molecule is CCC1CCCC12OC(c1ccc(S(C)(F)(F)(F)F)cc1)c1c(C3CCOCC3)nc3c(c12)C(O[Si](C)(C)C(C)(C)C)CC(C)(C)C3. The molecule has 1 aromatic carbocycles. The minimum absolute atomic E-state index is 0.0108. The van der Waals surface area contributed by atoms with Crippen LogP contribution in [0.3, 0.4) is 0 Å². The van der Waals surface area contributed by atoms with Crippen LogP contribution in [0.15, 0.2) is 29.2 Å². The van der Waals surface area contributed by atoms with Crippen LogP contribution >= 0.6 is 9.84 Å². The maximum absolute atomic E-state index is 14.5. The minimum atomic E-state index is -8.34. The van der Waals surface area contributed by atoms with Crippen LogP contribution in [0.2, 0.25) is 18.1 Å². The molecule has 4 unspecified atom stereocenters. The fourth-order valence-corrected chi connectivity index (χ4v) is 10.6. The Labute approximate surface area is 280 Å². The van der Waals surface area contributed by atoms with E-state index in [0.29, 0.717) is 18.8 Å². The molecule has 6 rings (SSSR count). The standard InChI is InChI=1S/C37H55F4NO3SSi/c1-10-26-12-11-19-37(26)32-30-28(22-36(5,6)23-29(30)45-47(8,9)35(2,3)4)42-33(24-17-20-43-21-18-24)31(32)34(44-37)25-13-15-27(16-14-25)46(7,38,39,40)41/h13-16,24,26,29,34H,10-12,17-23H2,1-9H3. The number of benzene rings is 1. The quantitative estimate of drug-likeness (QED) is 0.223. The van der Waals surface area contributed by atoms with Gasteiger partial charge in [-0.2, -0.15) is 0 Å². The lowest BCUT2D eigenvalue weighted by molar-refractivity contribution is -0.0892. The third-order valence-electron chi connectivity index (χ3n) is 12.0. The average Bonchev–Trinajstić information content (AvgIpc) is 3.51. The van der Waals surface area contributed by atoms with Gasteiger partial charge in [0.2, 0.25) is 0 Å². The molecular formula is C37H55F4NO3SSi. The van der Waals surface area contributed by atoms with Gasteiger partial charge in [0.15, 0.2) is 18.2 Å². The Hall–Kier alpha value is -1.46. The molecule has 0 N–H and O–H groups in total. The molecule has 2 aliphatic carbocycles. The Morgan fingerprint density at radius 2 is 1.64 bits per heavy atom. The molecular weight excluding hydrogens is 643 g/mol. The second kappa shape index (κ2) is 10.8. The smallest absolute Gasteiger partial charge is 0.192 e. The van der Waals surface area contributed by atoms with E-state index in [2.05, 4.69) is 54.6 Å². The Balaban J connectivity index is 1.63. The summed E-state index contributed by atoms with van der Waals surface area (Å²) in [6.45, 7) is 19.5. The van der Waals surface area contributed by atoms with Gasteiger partial charge in [-0.1, -0.05) is 60.1 Å². The van der Waals surface area contributed by atoms with Gasteiger partial charge in [-0.15, -0.1) is 15.5 Å². The van der Waals surface area contributed by atoms with E-state index in [1.54, 1.807) is 0 Å². The molecule has 1 saturated heterocycles. The highest BCUT2D eigenvalue weighted by molar-refractivity contribution is 8.49. The van der Waals surface area contributed by atoms with Crippen molar-refractivity contribution in [3.8, 4) is 0 Å². The van der Waals surface area contributed by atoms with Crippen LogP contribution < -0.4 is 0 Å². The first-order valence-corrected chi connectivity index (χ1v) is 22.9. The Bertz CT molecular complexity index is 1530. The number of nitrogens with zero attached hydrogens (tertiary/aromatic N) is 1. The first kappa shape index (κ1) is 35.4. The summed E-state index contributed by atoms with van der Waals surface area (Å²) in [5.74, 6) is 0.418. The summed E-state index contributed by atoms with van der Waals surface area (Å²) < 4.78 is 78.3. The van der Waals surface area contributed by atoms with Crippen LogP contribution in [0.4, 0.5) is 15.5 Å². The van der Waals surface area contributed by atoms with Gasteiger partial charge in [-0.25, -0.2) is 0 Å². The third-order valence-corrected chi connectivity index (χ3v) is 17.9. The van der Waals surface area contributed by atoms with Crippen LogP contribution in [0.1, 0.15) is 138 Å². The first-order valence-electron chi connectivity index (χ1n) is 17.6. The number of fused-ring (bicyclic) bond motifs is 4. The molecule has 1 aromatic heterocycles. The number of rotatable bonds is 6. The summed E-state index contributed by atoms with van der Waals surface area (Å²) in [6, 6.07) is 4.67. The zero-order valence-electron chi connectivity index (χ0n) is 29.8. The van der Waals surface area contributed by atoms with Crippen LogP contribution in [-0.4, -0.2) is 32.8 Å². The molecule has 2 aromatic rings. The van der Waals surface area contributed by atoms with E-state index in [4.69, 9.17) is 18.9 Å². The highest BCUT2D eigenvalue weighted by Gasteiger charge is 2.60. The summed E-state index contributed by atoms with van der Waals surface area (Å²) in [4.78, 5) is 4.36. The van der Waals surface area contributed by atoms with Crippen LogP contribution in [0.25, 0.3) is 0 Å². The van der Waals surface area contributed by atoms with Gasteiger partial charge < -0.3 is 13.9 Å². The van der Waals surface area contributed by atoms with Crippen molar-refractivity contribution in [2.75, 3.05) is 19.5 Å². The summed E-state index contributed by atoms with van der Waals surface area (Å²) in [5.41, 5.74) is 5.53. The molecule has 1 spiro atoms. The molecule has 47 heavy (non-hydrogen) atoms. The van der Waals surface area contributed by atoms with Crippen molar-refractivity contribution in [2.45, 2.75) is 140 Å². The molecule has 10 heteroatoms. The lowest BCUT2D eigenvalue weighted by atomic mass is 9.69. The van der Waals surface area contributed by atoms with E-state index in [9.17, 15) is 15.5 Å². The lowest BCUT2D eigenvalue weighted by Crippen LogP contribution is -2.44. The number of ether oxygens (including phenoxy) is 2. The fraction of sp³-hybridized carbons (Fsp3) is 0.703. The van der Waals surface area contributed by atoms with Gasteiger partial charge >= 0.3 is 0 Å². The van der Waals surface area contributed by atoms with Crippen molar-refractivity contribution in [1.82, 2.24) is 4.98 Å². The second-order valence-electron chi connectivity index (χ2n) is 17.4. The van der Waals surface area contributed by atoms with Crippen molar-refractivity contribution in [2.24, 2.45) is 11.3 Å². The molecule has 3 heterocycles. The predicted octanol–water partition coefficient (Wildman–Crippen LogP) is 11.9. The number of pyridine rings is 1. The molecule has 1 saturated carbocycles. The van der Waals surface area contributed by atoms with Gasteiger partial charge in [-0.05, 0) is 97.7 Å². The van der Waals surface area contributed by atoms with E-state index in [1.807, 2.05) is 0 Å². The van der Waals surface area contributed by atoms with Gasteiger partial charge in [0, 0.05) is 36.0 Å². The molecule has 0 radical (unpaired) electrons. The molecule has 0 amide bonds. The Morgan fingerprint density at radius 1 is 1.00 bits per heavy atom. The molecule has 0 bridgehead atoms. The predicted molar refractivity (Wildman–Crippen MR) is 185 cm³/mol. The van der Waals surface area contributed by atoms with Crippen molar-refractivity contribution in [3.05, 3.63) is 57.9 Å². The zero-order valence-corrected chi connectivity index (χ0v) is 31.6. The number of hydrogen-bond donors (Lipinski definition) is 0. The van der Waals surface area contributed by atoms with Gasteiger partial charge in [-0.3, -0.25) is 4.98 Å². The topological polar surface area (TPSA) is 40.6 Å². The van der Waals surface area contributed by atoms with Crippen LogP contribution in [0, 0.1) is 11.3 Å². The third kappa shape index (κ3) is 6.36. The number of halogens is 4. The van der Waals surface area contributed by atoms with Crippen molar-refractivity contribution in [3.63, 3.8) is 0 Å². The van der Waals surface area contributed by atoms with E-state index in [1.165, 1.54) is 23.3 Å². The molecule has 264 valence electrons. The number of aromatic nitrogens is 1. The molecule has 4 atom stereocenters. The summed E-state index contributed by atoms with van der Waals surface area (Å²) in [6.07, 6.45) is 6.25. The van der Waals surface area contributed by atoms with Crippen molar-refractivity contribution < 1.29 is 29.4 Å². The van der Waals surface area contributed by atoms with E-state index in [-0.39, 0.29) is 34.6 Å². The van der Waals surface area contributed by atoms with E-state index >= 15 is 0 Å². The van der Waals surface area contributed by atoms with Crippen LogP contribution in [0.5, 0.6) is 0 Å². The number of hydrogen-bond acceptors (Lipinski definition) is 4. The lowest BCUT2D eigenvalue weighted by Gasteiger charge is -2.46. The Morgan fingerprint density at radius 3 is 2.21 bits per heavy atom. The molecule has 4 nitrogen and oxygen atoms in total. The van der Waals surface area contributed by atoms with Gasteiger partial charge in [0.1, 0.15) is 6.10 Å². The zero-order chi connectivity index (χ0) is 34.5. The maximum atomic E-state index is 14.5. The van der Waals surface area contributed by atoms with Crippen LogP contribution in [-0.2, 0) is 25.9 Å². The Kier molecular flexibility index (Phi) is 8.10. The summed E-state index contributed by atoms with van der Waals surface area (Å²) in [7, 11) is -10.6. The van der Waals surface area contributed by atoms with E-state index in [0.717, 1.165) is 80.5 Å². The summed E-state index contributed by atoms with van der Waals surface area (Å²) in [5, 5.41) is 0.0108. The first-order chi connectivity index (χ1) is 21.5. The minimum Gasteiger partial charge on any atom is -0.410 e. The molecule has 4 aliphatic rings. The fourth-order valence-electron chi connectivity index (χ4n) is 8.54. The van der Waals surface area contributed by atoms with Crippen molar-refractivity contribution in [1.29, 1.82) is 0 Å². The molecule has 2 aliphatic heterocycles. The monoisotopic (exact) mass is 697 g/mol.